The molecule has 19 heavy (non-hydrogen) atoms. The molecule has 3 nitrogen and oxygen atoms in total. The van der Waals surface area contributed by atoms with E-state index in [1.165, 1.54) is 11.3 Å². The first-order valence-corrected chi connectivity index (χ1v) is 7.17. The van der Waals surface area contributed by atoms with Gasteiger partial charge in [-0.3, -0.25) is 0 Å². The lowest BCUT2D eigenvalue weighted by molar-refractivity contribution is -0.141. The van der Waals surface area contributed by atoms with Gasteiger partial charge in [-0.2, -0.15) is 13.2 Å². The molecule has 0 amide bonds. The molecule has 106 valence electrons. The third-order valence-corrected chi connectivity index (χ3v) is 4.93. The molecule has 3 unspecified atom stereocenters. The zero-order valence-corrected chi connectivity index (χ0v) is 11.3. The number of aromatic nitrogens is 1. The number of nitrogens with one attached hydrogen (secondary N) is 1. The summed E-state index contributed by atoms with van der Waals surface area (Å²) >= 11 is 1.17. The molecule has 1 N–H and O–H groups in total. The van der Waals surface area contributed by atoms with Crippen LogP contribution in [0.15, 0.2) is 0 Å². The number of halogens is 3. The Morgan fingerprint density at radius 3 is 2.74 bits per heavy atom. The smallest absolute Gasteiger partial charge is 0.374 e. The van der Waals surface area contributed by atoms with Crippen molar-refractivity contribution >= 4 is 11.3 Å². The molecule has 2 aliphatic rings. The monoisotopic (exact) mass is 292 g/mol. The van der Waals surface area contributed by atoms with Crippen LogP contribution in [0.3, 0.4) is 0 Å². The van der Waals surface area contributed by atoms with Gasteiger partial charge in [0.2, 0.25) is 0 Å². The maximum Gasteiger partial charge on any atom is 0.434 e. The summed E-state index contributed by atoms with van der Waals surface area (Å²) in [6.45, 7) is 0.203. The molecule has 2 bridgehead atoms. The molecule has 2 fully saturated rings. The van der Waals surface area contributed by atoms with Crippen molar-refractivity contribution in [2.24, 2.45) is 0 Å². The van der Waals surface area contributed by atoms with Crippen molar-refractivity contribution in [3.63, 3.8) is 0 Å². The summed E-state index contributed by atoms with van der Waals surface area (Å²) in [6, 6.07) is 0. The van der Waals surface area contributed by atoms with Gasteiger partial charge in [0, 0.05) is 12.5 Å². The minimum Gasteiger partial charge on any atom is -0.374 e. The van der Waals surface area contributed by atoms with Gasteiger partial charge < -0.3 is 10.1 Å². The Morgan fingerprint density at radius 2 is 2.21 bits per heavy atom. The Labute approximate surface area is 113 Å². The van der Waals surface area contributed by atoms with Crippen LogP contribution >= 0.6 is 11.3 Å². The third kappa shape index (κ3) is 2.39. The fourth-order valence-electron chi connectivity index (χ4n) is 2.93. The van der Waals surface area contributed by atoms with Crippen molar-refractivity contribution in [1.29, 1.82) is 0 Å². The van der Waals surface area contributed by atoms with Gasteiger partial charge in [-0.15, -0.1) is 11.3 Å². The van der Waals surface area contributed by atoms with E-state index >= 15 is 0 Å². The highest BCUT2D eigenvalue weighted by atomic mass is 32.1. The summed E-state index contributed by atoms with van der Waals surface area (Å²) in [6.07, 6.45) is -1.30. The fourth-order valence-corrected chi connectivity index (χ4v) is 4.19. The second kappa shape index (κ2) is 4.71. The molecular weight excluding hydrogens is 277 g/mol. The minimum atomic E-state index is -4.38. The van der Waals surface area contributed by atoms with E-state index in [0.29, 0.717) is 5.01 Å². The van der Waals surface area contributed by atoms with Crippen molar-refractivity contribution in [2.45, 2.75) is 50.1 Å². The lowest BCUT2D eigenvalue weighted by atomic mass is 9.90. The van der Waals surface area contributed by atoms with Gasteiger partial charge in [0.05, 0.1) is 22.1 Å². The Bertz CT molecular complexity index is 474. The first-order chi connectivity index (χ1) is 8.99. The number of hydrogen-bond donors (Lipinski definition) is 1. The van der Waals surface area contributed by atoms with Gasteiger partial charge in [-0.1, -0.05) is 0 Å². The topological polar surface area (TPSA) is 34.1 Å². The Morgan fingerprint density at radius 1 is 1.42 bits per heavy atom. The molecule has 1 aromatic heterocycles. The van der Waals surface area contributed by atoms with E-state index < -0.39 is 11.9 Å². The maximum absolute atomic E-state index is 12.9. The highest BCUT2D eigenvalue weighted by Crippen LogP contribution is 2.47. The zero-order valence-electron chi connectivity index (χ0n) is 10.5. The van der Waals surface area contributed by atoms with Crippen LogP contribution in [0.5, 0.6) is 0 Å². The van der Waals surface area contributed by atoms with E-state index in [1.54, 1.807) is 7.05 Å². The highest BCUT2D eigenvalue weighted by molar-refractivity contribution is 7.11. The molecule has 3 heterocycles. The molecule has 0 spiro atoms. The van der Waals surface area contributed by atoms with Crippen LogP contribution in [0, 0.1) is 0 Å². The van der Waals surface area contributed by atoms with Crippen molar-refractivity contribution < 1.29 is 17.9 Å². The summed E-state index contributed by atoms with van der Waals surface area (Å²) < 4.78 is 44.5. The number of fused-ring (bicyclic) bond motifs is 2. The standard InChI is InChI=1S/C12H15F3N2OS/c1-16-5-9-10(12(13,14)15)17-11(19-9)7-4-6-2-3-8(7)18-6/h6-8,16H,2-5H2,1H3. The molecule has 0 aromatic carbocycles. The first kappa shape index (κ1) is 13.3. The number of ether oxygens (including phenoxy) is 1. The molecule has 0 saturated carbocycles. The second-order valence-corrected chi connectivity index (χ2v) is 6.18. The predicted octanol–water partition coefficient (Wildman–Crippen LogP) is 2.92. The molecule has 1 aromatic rings. The van der Waals surface area contributed by atoms with Gasteiger partial charge in [0.15, 0.2) is 5.69 Å². The predicted molar refractivity (Wildman–Crippen MR) is 65.1 cm³/mol. The van der Waals surface area contributed by atoms with E-state index in [-0.39, 0.29) is 29.5 Å². The van der Waals surface area contributed by atoms with Gasteiger partial charge in [0.1, 0.15) is 0 Å². The van der Waals surface area contributed by atoms with E-state index in [4.69, 9.17) is 4.74 Å². The van der Waals surface area contributed by atoms with Crippen LogP contribution in [0.4, 0.5) is 13.2 Å². The van der Waals surface area contributed by atoms with Crippen molar-refractivity contribution in [2.75, 3.05) is 7.05 Å². The van der Waals surface area contributed by atoms with Crippen LogP contribution in [-0.2, 0) is 17.5 Å². The van der Waals surface area contributed by atoms with Crippen molar-refractivity contribution in [1.82, 2.24) is 10.3 Å². The number of alkyl halides is 3. The van der Waals surface area contributed by atoms with E-state index in [1.807, 2.05) is 0 Å². The molecular formula is C12H15F3N2OS. The van der Waals surface area contributed by atoms with Crippen LogP contribution in [0.2, 0.25) is 0 Å². The van der Waals surface area contributed by atoms with Gasteiger partial charge in [0.25, 0.3) is 0 Å². The molecule has 3 rings (SSSR count). The third-order valence-electron chi connectivity index (χ3n) is 3.74. The SMILES string of the molecule is CNCc1sc(C2CC3CCC2O3)nc1C(F)(F)F. The Balaban J connectivity index is 1.90. The molecule has 2 aliphatic heterocycles. The van der Waals surface area contributed by atoms with Crippen molar-refractivity contribution in [3.05, 3.63) is 15.6 Å². The average Bonchev–Trinajstić information content (AvgIpc) is 3.01. The molecule has 2 saturated heterocycles. The number of rotatable bonds is 3. The van der Waals surface area contributed by atoms with Gasteiger partial charge >= 0.3 is 6.18 Å². The van der Waals surface area contributed by atoms with E-state index in [0.717, 1.165) is 19.3 Å². The van der Waals surface area contributed by atoms with Crippen LogP contribution in [0.1, 0.15) is 40.8 Å². The molecule has 0 radical (unpaired) electrons. The van der Waals surface area contributed by atoms with Crippen LogP contribution in [0.25, 0.3) is 0 Å². The quantitative estimate of drug-likeness (QED) is 0.930. The fraction of sp³-hybridized carbons (Fsp3) is 0.750. The summed E-state index contributed by atoms with van der Waals surface area (Å²) in [5.41, 5.74) is -0.732. The number of nitrogens with zero attached hydrogens (tertiary/aromatic N) is 1. The summed E-state index contributed by atoms with van der Waals surface area (Å²) in [5.74, 6) is 0.0513. The lowest BCUT2D eigenvalue weighted by Crippen LogP contribution is -2.15. The number of thiazole rings is 1. The van der Waals surface area contributed by atoms with Crippen LogP contribution < -0.4 is 5.32 Å². The summed E-state index contributed by atoms with van der Waals surface area (Å²) in [4.78, 5) is 4.15. The number of hydrogen-bond acceptors (Lipinski definition) is 4. The maximum atomic E-state index is 12.9. The second-order valence-electron chi connectivity index (χ2n) is 5.07. The first-order valence-electron chi connectivity index (χ1n) is 6.36. The molecule has 0 aliphatic carbocycles. The van der Waals surface area contributed by atoms with E-state index in [9.17, 15) is 13.2 Å². The zero-order chi connectivity index (χ0) is 13.6. The minimum absolute atomic E-state index is 0.0513. The lowest BCUT2D eigenvalue weighted by Gasteiger charge is -2.15. The summed E-state index contributed by atoms with van der Waals surface area (Å²) in [5, 5.41) is 3.36. The Hall–Kier alpha value is -0.660. The van der Waals surface area contributed by atoms with Gasteiger partial charge in [-0.05, 0) is 26.3 Å². The highest BCUT2D eigenvalue weighted by Gasteiger charge is 2.45. The molecule has 7 heteroatoms. The Kier molecular flexibility index (Phi) is 3.31. The van der Waals surface area contributed by atoms with Crippen LogP contribution in [-0.4, -0.2) is 24.2 Å². The van der Waals surface area contributed by atoms with E-state index in [2.05, 4.69) is 10.3 Å². The molecule has 3 atom stereocenters. The largest absolute Gasteiger partial charge is 0.434 e. The van der Waals surface area contributed by atoms with Gasteiger partial charge in [-0.25, -0.2) is 4.98 Å². The summed E-state index contributed by atoms with van der Waals surface area (Å²) in [7, 11) is 1.64. The van der Waals surface area contributed by atoms with Crippen molar-refractivity contribution in [3.8, 4) is 0 Å². The average molecular weight is 292 g/mol. The normalized spacial score (nSPS) is 30.2.